The van der Waals surface area contributed by atoms with Crippen molar-refractivity contribution in [3.05, 3.63) is 23.9 Å². The lowest BCUT2D eigenvalue weighted by atomic mass is 10.1. The maximum absolute atomic E-state index is 5.71. The van der Waals surface area contributed by atoms with Gasteiger partial charge in [0.25, 0.3) is 0 Å². The third-order valence-corrected chi connectivity index (χ3v) is 2.40. The first-order valence-corrected chi connectivity index (χ1v) is 3.48. The van der Waals surface area contributed by atoms with Crippen LogP contribution in [0.5, 0.6) is 0 Å². The fourth-order valence-corrected chi connectivity index (χ4v) is 1.58. The Bertz CT molecular complexity index is 219. The molecule has 0 spiro atoms. The first-order valence-electron chi connectivity index (χ1n) is 3.48. The van der Waals surface area contributed by atoms with Gasteiger partial charge in [0, 0.05) is 18.7 Å². The largest absolute Gasteiger partial charge is 0.402 e. The zero-order chi connectivity index (χ0) is 7.19. The van der Waals surface area contributed by atoms with E-state index >= 15 is 0 Å². The molecule has 0 aliphatic heterocycles. The number of hydrogen-bond acceptors (Lipinski definition) is 2. The maximum Gasteiger partial charge on any atom is 0.0952 e. The van der Waals surface area contributed by atoms with Crippen LogP contribution < -0.4 is 5.73 Å². The van der Waals surface area contributed by atoms with Crippen LogP contribution in [0.2, 0.25) is 0 Å². The zero-order valence-corrected chi connectivity index (χ0v) is 6.00. The van der Waals surface area contributed by atoms with Crippen molar-refractivity contribution in [2.24, 2.45) is 11.7 Å². The molecule has 0 amide bonds. The number of hydrogen-bond donors (Lipinski definition) is 1. The number of methoxy groups -OCH3 is 1. The van der Waals surface area contributed by atoms with Gasteiger partial charge < -0.3 is 10.5 Å². The summed E-state index contributed by atoms with van der Waals surface area (Å²) in [6.07, 6.45) is 7.08. The van der Waals surface area contributed by atoms with Gasteiger partial charge in [0.2, 0.25) is 0 Å². The summed E-state index contributed by atoms with van der Waals surface area (Å²) in [6, 6.07) is 0. The highest BCUT2D eigenvalue weighted by atomic mass is 16.5. The van der Waals surface area contributed by atoms with Gasteiger partial charge in [-0.15, -0.1) is 0 Å². The van der Waals surface area contributed by atoms with Gasteiger partial charge in [-0.05, 0) is 12.5 Å². The highest BCUT2D eigenvalue weighted by Gasteiger charge is 2.55. The summed E-state index contributed by atoms with van der Waals surface area (Å²) in [4.78, 5) is 0. The number of rotatable bonds is 1. The Balaban J connectivity index is 2.26. The van der Waals surface area contributed by atoms with E-state index in [0.717, 1.165) is 12.1 Å². The van der Waals surface area contributed by atoms with Crippen molar-refractivity contribution in [1.82, 2.24) is 0 Å². The number of allylic oxidation sites excluding steroid dienone is 2. The van der Waals surface area contributed by atoms with Crippen molar-refractivity contribution >= 4 is 0 Å². The van der Waals surface area contributed by atoms with Crippen molar-refractivity contribution in [2.75, 3.05) is 7.11 Å². The molecule has 0 saturated heterocycles. The first-order chi connectivity index (χ1) is 4.78. The van der Waals surface area contributed by atoms with Crippen LogP contribution >= 0.6 is 0 Å². The van der Waals surface area contributed by atoms with E-state index in [-0.39, 0.29) is 5.60 Å². The van der Waals surface area contributed by atoms with Crippen molar-refractivity contribution < 1.29 is 4.74 Å². The average Bonchev–Trinajstić information content (AvgIpc) is 2.65. The van der Waals surface area contributed by atoms with Gasteiger partial charge in [-0.3, -0.25) is 0 Å². The van der Waals surface area contributed by atoms with Crippen LogP contribution in [0.3, 0.4) is 0 Å². The summed E-state index contributed by atoms with van der Waals surface area (Å²) in [6.45, 7) is 0. The highest BCUT2D eigenvalue weighted by Crippen LogP contribution is 2.52. The molecule has 2 aliphatic rings. The minimum Gasteiger partial charge on any atom is -0.402 e. The molecule has 0 aromatic heterocycles. The second-order valence-corrected chi connectivity index (χ2v) is 2.94. The van der Waals surface area contributed by atoms with Crippen LogP contribution in [-0.4, -0.2) is 12.7 Å². The Morgan fingerprint density at radius 1 is 1.80 bits per heavy atom. The molecule has 1 fully saturated rings. The molecule has 2 unspecified atom stereocenters. The Kier molecular flexibility index (Phi) is 0.980. The zero-order valence-electron chi connectivity index (χ0n) is 6.00. The van der Waals surface area contributed by atoms with Gasteiger partial charge in [-0.25, -0.2) is 0 Å². The monoisotopic (exact) mass is 137 g/mol. The van der Waals surface area contributed by atoms with E-state index in [4.69, 9.17) is 10.5 Å². The molecule has 54 valence electrons. The third kappa shape index (κ3) is 0.570. The van der Waals surface area contributed by atoms with Crippen LogP contribution in [0.15, 0.2) is 23.9 Å². The van der Waals surface area contributed by atoms with Gasteiger partial charge in [0.15, 0.2) is 0 Å². The molecule has 0 radical (unpaired) electrons. The average molecular weight is 137 g/mol. The number of fused-ring (bicyclic) bond motifs is 1. The van der Waals surface area contributed by atoms with Crippen LogP contribution in [-0.2, 0) is 4.74 Å². The fourth-order valence-electron chi connectivity index (χ4n) is 1.58. The van der Waals surface area contributed by atoms with E-state index in [9.17, 15) is 0 Å². The van der Waals surface area contributed by atoms with E-state index in [1.54, 1.807) is 7.11 Å². The van der Waals surface area contributed by atoms with Crippen molar-refractivity contribution in [3.8, 4) is 0 Å². The molecule has 0 aromatic carbocycles. The van der Waals surface area contributed by atoms with Crippen LogP contribution in [0.25, 0.3) is 0 Å². The number of nitrogens with two attached hydrogens (primary N) is 1. The van der Waals surface area contributed by atoms with Crippen LogP contribution in [0, 0.1) is 5.92 Å². The summed E-state index contributed by atoms with van der Waals surface area (Å²) < 4.78 is 5.32. The first kappa shape index (κ1) is 5.98. The van der Waals surface area contributed by atoms with E-state index in [0.29, 0.717) is 5.92 Å². The van der Waals surface area contributed by atoms with Crippen molar-refractivity contribution in [2.45, 2.75) is 12.0 Å². The van der Waals surface area contributed by atoms with Gasteiger partial charge in [0.1, 0.15) is 0 Å². The molecule has 2 nitrogen and oxygen atoms in total. The van der Waals surface area contributed by atoms with Crippen molar-refractivity contribution in [1.29, 1.82) is 0 Å². The topological polar surface area (TPSA) is 35.2 Å². The maximum atomic E-state index is 5.71. The molecule has 2 rings (SSSR count). The molecule has 10 heavy (non-hydrogen) atoms. The molecule has 1 saturated carbocycles. The minimum atomic E-state index is -0.0150. The van der Waals surface area contributed by atoms with E-state index < -0.39 is 0 Å². The Labute approximate surface area is 60.4 Å². The second kappa shape index (κ2) is 1.64. The Morgan fingerprint density at radius 3 is 3.20 bits per heavy atom. The smallest absolute Gasteiger partial charge is 0.0952 e. The summed E-state index contributed by atoms with van der Waals surface area (Å²) in [5.74, 6) is 0.461. The lowest BCUT2D eigenvalue weighted by molar-refractivity contribution is 0.110. The lowest BCUT2D eigenvalue weighted by Crippen LogP contribution is -2.17. The molecular formula is C8H11NO. The SMILES string of the molecule is COC12C=CC=C(N)C1C2. The predicted octanol–water partition coefficient (Wildman–Crippen LogP) is 0.804. The quantitative estimate of drug-likeness (QED) is 0.580. The highest BCUT2D eigenvalue weighted by molar-refractivity contribution is 5.36. The Hall–Kier alpha value is -0.760. The van der Waals surface area contributed by atoms with Gasteiger partial charge in [-0.1, -0.05) is 12.2 Å². The fraction of sp³-hybridized carbons (Fsp3) is 0.500. The standard InChI is InChI=1S/C8H11NO/c1-10-8-4-2-3-7(9)6(8)5-8/h2-4,6H,5,9H2,1H3. The minimum absolute atomic E-state index is 0.0150. The van der Waals surface area contributed by atoms with E-state index in [1.807, 2.05) is 12.2 Å². The Morgan fingerprint density at radius 2 is 2.60 bits per heavy atom. The van der Waals surface area contributed by atoms with Crippen LogP contribution in [0.1, 0.15) is 6.42 Å². The normalized spacial score (nSPS) is 42.5. The van der Waals surface area contributed by atoms with Crippen LogP contribution in [0.4, 0.5) is 0 Å². The molecule has 2 heteroatoms. The molecule has 0 heterocycles. The summed E-state index contributed by atoms with van der Waals surface area (Å²) in [5.41, 5.74) is 6.66. The molecule has 0 aromatic rings. The van der Waals surface area contributed by atoms with Crippen molar-refractivity contribution in [3.63, 3.8) is 0 Å². The van der Waals surface area contributed by atoms with Gasteiger partial charge >= 0.3 is 0 Å². The third-order valence-electron chi connectivity index (χ3n) is 2.40. The predicted molar refractivity (Wildman–Crippen MR) is 39.3 cm³/mol. The second-order valence-electron chi connectivity index (χ2n) is 2.94. The van der Waals surface area contributed by atoms with Gasteiger partial charge in [-0.2, -0.15) is 0 Å². The van der Waals surface area contributed by atoms with E-state index in [1.165, 1.54) is 0 Å². The number of ether oxygens (including phenoxy) is 1. The molecule has 2 aliphatic carbocycles. The van der Waals surface area contributed by atoms with E-state index in [2.05, 4.69) is 6.08 Å². The summed E-state index contributed by atoms with van der Waals surface area (Å²) in [5, 5.41) is 0. The molecule has 0 bridgehead atoms. The molecular weight excluding hydrogens is 126 g/mol. The van der Waals surface area contributed by atoms with Gasteiger partial charge in [0.05, 0.1) is 5.60 Å². The summed E-state index contributed by atoms with van der Waals surface area (Å²) >= 11 is 0. The molecule has 2 N–H and O–H groups in total. The molecule has 2 atom stereocenters. The lowest BCUT2D eigenvalue weighted by Gasteiger charge is -2.13. The summed E-state index contributed by atoms with van der Waals surface area (Å²) in [7, 11) is 1.74.